The summed E-state index contributed by atoms with van der Waals surface area (Å²) in [5, 5.41) is 0. The van der Waals surface area contributed by atoms with Crippen molar-refractivity contribution in [3.8, 4) is 0 Å². The zero-order valence-corrected chi connectivity index (χ0v) is 29.1. The van der Waals surface area contributed by atoms with Crippen LogP contribution in [0.4, 0.5) is 0 Å². The van der Waals surface area contributed by atoms with Crippen LogP contribution < -0.4 is 0 Å². The van der Waals surface area contributed by atoms with Gasteiger partial charge in [-0.25, -0.2) is 0 Å². The standard InChI is InChI=1S/C30H55ClN3O5P3/c31-40(35-26-16-6-1-7-17-26)32-41(36-27-18-8-2-9-19-27,37-28-20-10-3-11-21-28)34-42(33-40,38-29-22-12-4-13-23-29)39-30-24-14-5-15-25-30/h26-30H,1-25H2. The van der Waals surface area contributed by atoms with Gasteiger partial charge in [-0.05, 0) is 75.4 Å². The summed E-state index contributed by atoms with van der Waals surface area (Å²) >= 11 is 7.58. The van der Waals surface area contributed by atoms with Crippen molar-refractivity contribution in [2.75, 3.05) is 0 Å². The lowest BCUT2D eigenvalue weighted by molar-refractivity contribution is 0.0887. The van der Waals surface area contributed by atoms with Crippen LogP contribution in [0.1, 0.15) is 161 Å². The molecule has 1 atom stereocenters. The third-order valence-corrected chi connectivity index (χ3v) is 19.6. The van der Waals surface area contributed by atoms with E-state index in [1.165, 1.54) is 32.1 Å². The van der Waals surface area contributed by atoms with Crippen LogP contribution in [-0.2, 0) is 22.6 Å². The maximum Gasteiger partial charge on any atom is 0.348 e. The van der Waals surface area contributed by atoms with Crippen molar-refractivity contribution >= 4 is 33.3 Å². The van der Waals surface area contributed by atoms with Crippen LogP contribution in [0.15, 0.2) is 13.5 Å². The average Bonchev–Trinajstić information content (AvgIpc) is 2.99. The number of halogens is 1. The molecule has 0 saturated heterocycles. The fourth-order valence-corrected chi connectivity index (χ4v) is 19.0. The van der Waals surface area contributed by atoms with E-state index >= 15 is 0 Å². The molecule has 5 saturated carbocycles. The monoisotopic (exact) mass is 665 g/mol. The summed E-state index contributed by atoms with van der Waals surface area (Å²) in [6.45, 7) is -3.22. The Hall–Kier alpha value is 0.780. The van der Waals surface area contributed by atoms with Gasteiger partial charge < -0.3 is 22.6 Å². The topological polar surface area (TPSA) is 83.2 Å². The summed E-state index contributed by atoms with van der Waals surface area (Å²) in [4.78, 5) is 0. The first kappa shape index (κ1) is 32.7. The maximum absolute atomic E-state index is 7.58. The third-order valence-electron chi connectivity index (χ3n) is 9.86. The molecule has 0 aromatic heterocycles. The second kappa shape index (κ2) is 15.6. The van der Waals surface area contributed by atoms with Crippen LogP contribution in [0, 0.1) is 0 Å². The lowest BCUT2D eigenvalue weighted by Crippen LogP contribution is -2.23. The fourth-order valence-electron chi connectivity index (χ4n) is 7.55. The molecule has 6 rings (SSSR count). The van der Waals surface area contributed by atoms with Crippen LogP contribution >= 0.6 is 33.3 Å². The van der Waals surface area contributed by atoms with Gasteiger partial charge in [0.15, 0.2) is 0 Å². The number of hydrogen-bond acceptors (Lipinski definition) is 8. The quantitative estimate of drug-likeness (QED) is 0.217. The molecular formula is C30H55ClN3O5P3. The van der Waals surface area contributed by atoms with Gasteiger partial charge in [-0.1, -0.05) is 96.3 Å². The van der Waals surface area contributed by atoms with Gasteiger partial charge in [-0.2, -0.15) is 9.03 Å². The van der Waals surface area contributed by atoms with Crippen LogP contribution in [0.2, 0.25) is 0 Å². The summed E-state index contributed by atoms with van der Waals surface area (Å²) in [6, 6.07) is 0. The van der Waals surface area contributed by atoms with Crippen LogP contribution in [0.3, 0.4) is 0 Å². The predicted octanol–water partition coefficient (Wildman–Crippen LogP) is 12.8. The SMILES string of the molecule is ClP1(OC2CCCCC2)=NP(OC2CCCCC2)(OC2CCCCC2)=NP(OC2CCCCC2)(OC2CCCCC2)=N1. The summed E-state index contributed by atoms with van der Waals surface area (Å²) in [6.07, 6.45) is 28.2. The van der Waals surface area contributed by atoms with E-state index < -0.39 is 22.1 Å². The molecular weight excluding hydrogens is 611 g/mol. The molecule has 8 nitrogen and oxygen atoms in total. The zero-order chi connectivity index (χ0) is 28.7. The Morgan fingerprint density at radius 3 is 0.905 bits per heavy atom. The van der Waals surface area contributed by atoms with E-state index in [2.05, 4.69) is 0 Å². The number of rotatable bonds is 10. The minimum atomic E-state index is -3.23. The minimum Gasteiger partial charge on any atom is -0.312 e. The smallest absolute Gasteiger partial charge is 0.312 e. The lowest BCUT2D eigenvalue weighted by atomic mass is 9.98. The summed E-state index contributed by atoms with van der Waals surface area (Å²) < 4.78 is 51.1. The predicted molar refractivity (Wildman–Crippen MR) is 174 cm³/mol. The number of hydrogen-bond donors (Lipinski definition) is 0. The van der Waals surface area contributed by atoms with Crippen molar-refractivity contribution in [2.24, 2.45) is 13.5 Å². The Morgan fingerprint density at radius 1 is 0.333 bits per heavy atom. The van der Waals surface area contributed by atoms with Crippen molar-refractivity contribution < 1.29 is 22.6 Å². The maximum atomic E-state index is 7.58. The highest BCUT2D eigenvalue weighted by Gasteiger charge is 2.46. The molecule has 0 amide bonds. The molecule has 242 valence electrons. The Labute approximate surface area is 260 Å². The molecule has 0 aromatic carbocycles. The normalized spacial score (nSPS) is 32.5. The van der Waals surface area contributed by atoms with E-state index in [4.69, 9.17) is 47.4 Å². The molecule has 42 heavy (non-hydrogen) atoms. The van der Waals surface area contributed by atoms with E-state index in [-0.39, 0.29) is 30.5 Å². The average molecular weight is 666 g/mol. The van der Waals surface area contributed by atoms with E-state index in [0.717, 1.165) is 128 Å². The van der Waals surface area contributed by atoms with Crippen molar-refractivity contribution in [3.63, 3.8) is 0 Å². The molecule has 0 N–H and O–H groups in total. The molecule has 5 fully saturated rings. The Morgan fingerprint density at radius 2 is 0.595 bits per heavy atom. The Kier molecular flexibility index (Phi) is 12.1. The van der Waals surface area contributed by atoms with E-state index in [1.807, 2.05) is 0 Å². The van der Waals surface area contributed by atoms with Crippen molar-refractivity contribution in [1.29, 1.82) is 0 Å². The minimum absolute atomic E-state index is 0.0488. The van der Waals surface area contributed by atoms with E-state index in [9.17, 15) is 0 Å². The highest BCUT2D eigenvalue weighted by atomic mass is 35.7. The first-order chi connectivity index (χ1) is 20.5. The summed E-state index contributed by atoms with van der Waals surface area (Å²) in [5.74, 6) is 0. The zero-order valence-electron chi connectivity index (χ0n) is 25.7. The molecule has 0 spiro atoms. The van der Waals surface area contributed by atoms with Gasteiger partial charge in [0.05, 0.1) is 30.5 Å². The van der Waals surface area contributed by atoms with Gasteiger partial charge in [0.25, 0.3) is 0 Å². The van der Waals surface area contributed by atoms with Crippen molar-refractivity contribution in [2.45, 2.75) is 191 Å². The van der Waals surface area contributed by atoms with Crippen molar-refractivity contribution in [3.05, 3.63) is 0 Å². The molecule has 1 unspecified atom stereocenters. The van der Waals surface area contributed by atoms with Gasteiger partial charge >= 0.3 is 22.1 Å². The molecule has 0 aromatic rings. The molecule has 1 aliphatic heterocycles. The molecule has 5 aliphatic carbocycles. The molecule has 6 aliphatic rings. The van der Waals surface area contributed by atoms with E-state index in [1.54, 1.807) is 0 Å². The van der Waals surface area contributed by atoms with Gasteiger partial charge in [0.2, 0.25) is 0 Å². The van der Waals surface area contributed by atoms with Gasteiger partial charge in [-0.3, -0.25) is 0 Å². The number of nitrogens with zero attached hydrogens (tertiary/aromatic N) is 3. The molecule has 1 heterocycles. The summed E-state index contributed by atoms with van der Waals surface area (Å²) in [7, 11) is -6.45. The lowest BCUT2D eigenvalue weighted by Gasteiger charge is -2.39. The second-order valence-electron chi connectivity index (χ2n) is 13.5. The Bertz CT molecular complexity index is 940. The highest BCUT2D eigenvalue weighted by Crippen LogP contribution is 2.83. The molecule has 0 radical (unpaired) electrons. The molecule has 12 heteroatoms. The van der Waals surface area contributed by atoms with Gasteiger partial charge in [0.1, 0.15) is 0 Å². The second-order valence-corrected chi connectivity index (χ2v) is 21.0. The fraction of sp³-hybridized carbons (Fsp3) is 1.00. The first-order valence-electron chi connectivity index (χ1n) is 17.5. The third kappa shape index (κ3) is 9.19. The van der Waals surface area contributed by atoms with Crippen molar-refractivity contribution in [1.82, 2.24) is 0 Å². The highest BCUT2D eigenvalue weighted by molar-refractivity contribution is 7.94. The van der Waals surface area contributed by atoms with Crippen LogP contribution in [0.25, 0.3) is 0 Å². The largest absolute Gasteiger partial charge is 0.348 e. The van der Waals surface area contributed by atoms with E-state index in [0.29, 0.717) is 0 Å². The first-order valence-corrected chi connectivity index (χ1v) is 23.1. The van der Waals surface area contributed by atoms with Gasteiger partial charge in [-0.15, -0.1) is 4.52 Å². The Balaban J connectivity index is 1.44. The molecule has 0 bridgehead atoms. The van der Waals surface area contributed by atoms with Crippen LogP contribution in [0.5, 0.6) is 0 Å². The summed E-state index contributed by atoms with van der Waals surface area (Å²) in [5.41, 5.74) is 0. The van der Waals surface area contributed by atoms with Gasteiger partial charge in [0, 0.05) is 0 Å². The van der Waals surface area contributed by atoms with Crippen LogP contribution in [-0.4, -0.2) is 30.5 Å².